The number of furan rings is 1. The van der Waals surface area contributed by atoms with Crippen LogP contribution in [0.15, 0.2) is 59.0 Å². The smallest absolute Gasteiger partial charge is 0.287 e. The van der Waals surface area contributed by atoms with Gasteiger partial charge in [0, 0.05) is 24.1 Å². The number of benzene rings is 2. The third kappa shape index (κ3) is 4.00. The van der Waals surface area contributed by atoms with Crippen LogP contribution in [0.1, 0.15) is 23.0 Å². The number of amides is 1. The van der Waals surface area contributed by atoms with Gasteiger partial charge in [0.15, 0.2) is 5.76 Å². The molecule has 2 aromatic carbocycles. The molecule has 5 heteroatoms. The van der Waals surface area contributed by atoms with Crippen LogP contribution in [0.2, 0.25) is 0 Å². The number of fused-ring (bicyclic) bond motifs is 1. The highest BCUT2D eigenvalue weighted by atomic mass is 16.5. The summed E-state index contributed by atoms with van der Waals surface area (Å²) in [6.45, 7) is 2.49. The lowest BCUT2D eigenvalue weighted by Gasteiger charge is -2.10. The van der Waals surface area contributed by atoms with E-state index in [2.05, 4.69) is 5.32 Å². The molecule has 0 saturated heterocycles. The van der Waals surface area contributed by atoms with Crippen LogP contribution in [0.25, 0.3) is 11.0 Å². The van der Waals surface area contributed by atoms with E-state index in [1.54, 1.807) is 0 Å². The predicted octanol–water partition coefficient (Wildman–Crippen LogP) is 3.37. The van der Waals surface area contributed by atoms with Crippen LogP contribution in [0.5, 0.6) is 5.75 Å². The zero-order valence-corrected chi connectivity index (χ0v) is 14.1. The maximum Gasteiger partial charge on any atom is 0.287 e. The van der Waals surface area contributed by atoms with E-state index in [0.29, 0.717) is 17.7 Å². The number of para-hydroxylation sites is 2. The summed E-state index contributed by atoms with van der Waals surface area (Å²) in [5.74, 6) is 0.663. The number of carbonyl (C=O) groups is 1. The van der Waals surface area contributed by atoms with Crippen molar-refractivity contribution in [3.63, 3.8) is 0 Å². The second-order valence-electron chi connectivity index (χ2n) is 6.01. The second kappa shape index (κ2) is 7.85. The van der Waals surface area contributed by atoms with E-state index >= 15 is 0 Å². The van der Waals surface area contributed by atoms with Crippen LogP contribution in [0, 0.1) is 5.92 Å². The van der Waals surface area contributed by atoms with Crippen molar-refractivity contribution in [1.29, 1.82) is 0 Å². The summed E-state index contributed by atoms with van der Waals surface area (Å²) in [5.41, 5.74) is 1.36. The van der Waals surface area contributed by atoms with Gasteiger partial charge in [0.05, 0.1) is 0 Å². The average molecular weight is 339 g/mol. The molecule has 3 aromatic rings. The van der Waals surface area contributed by atoms with Gasteiger partial charge in [-0.1, -0.05) is 43.3 Å². The SMILES string of the molecule is CC(CO)CNC(=O)c1oc2ccccc2c1COc1ccccc1. The Hall–Kier alpha value is -2.79. The Morgan fingerprint density at radius 2 is 1.88 bits per heavy atom. The normalized spacial score (nSPS) is 12.1. The molecule has 1 aromatic heterocycles. The minimum Gasteiger partial charge on any atom is -0.489 e. The molecule has 1 heterocycles. The van der Waals surface area contributed by atoms with Gasteiger partial charge in [0.25, 0.3) is 5.91 Å². The fraction of sp³-hybridized carbons (Fsp3) is 0.250. The Labute approximate surface area is 146 Å². The molecular formula is C20H21NO4. The number of aliphatic hydroxyl groups excluding tert-OH is 1. The third-order valence-corrected chi connectivity index (χ3v) is 3.95. The highest BCUT2D eigenvalue weighted by molar-refractivity contribution is 5.99. The molecule has 0 fully saturated rings. The zero-order valence-electron chi connectivity index (χ0n) is 14.1. The quantitative estimate of drug-likeness (QED) is 0.692. The molecule has 0 bridgehead atoms. The molecule has 25 heavy (non-hydrogen) atoms. The minimum atomic E-state index is -0.303. The van der Waals surface area contributed by atoms with Gasteiger partial charge in [-0.05, 0) is 24.1 Å². The summed E-state index contributed by atoms with van der Waals surface area (Å²) >= 11 is 0. The fourth-order valence-electron chi connectivity index (χ4n) is 2.51. The Morgan fingerprint density at radius 1 is 1.16 bits per heavy atom. The van der Waals surface area contributed by atoms with Gasteiger partial charge in [0.2, 0.25) is 0 Å². The lowest BCUT2D eigenvalue weighted by Crippen LogP contribution is -2.30. The van der Waals surface area contributed by atoms with E-state index in [1.807, 2.05) is 61.5 Å². The van der Waals surface area contributed by atoms with E-state index in [0.717, 1.165) is 11.1 Å². The lowest BCUT2D eigenvalue weighted by atomic mass is 10.1. The Kier molecular flexibility index (Phi) is 5.36. The predicted molar refractivity (Wildman–Crippen MR) is 95.6 cm³/mol. The molecule has 1 atom stereocenters. The van der Waals surface area contributed by atoms with Gasteiger partial charge in [0.1, 0.15) is 17.9 Å². The largest absolute Gasteiger partial charge is 0.489 e. The molecule has 1 unspecified atom stereocenters. The molecule has 0 radical (unpaired) electrons. The van der Waals surface area contributed by atoms with E-state index in [-0.39, 0.29) is 30.8 Å². The summed E-state index contributed by atoms with van der Waals surface area (Å²) in [5, 5.41) is 12.8. The van der Waals surface area contributed by atoms with Crippen molar-refractivity contribution < 1.29 is 19.1 Å². The summed E-state index contributed by atoms with van der Waals surface area (Å²) in [6, 6.07) is 16.9. The first-order valence-electron chi connectivity index (χ1n) is 8.26. The first-order valence-corrected chi connectivity index (χ1v) is 8.26. The molecule has 0 spiro atoms. The molecule has 5 nitrogen and oxygen atoms in total. The zero-order chi connectivity index (χ0) is 17.6. The Morgan fingerprint density at radius 3 is 2.64 bits per heavy atom. The summed E-state index contributed by atoms with van der Waals surface area (Å²) in [4.78, 5) is 12.5. The number of hydrogen-bond acceptors (Lipinski definition) is 4. The lowest BCUT2D eigenvalue weighted by molar-refractivity contribution is 0.0913. The monoisotopic (exact) mass is 339 g/mol. The van der Waals surface area contributed by atoms with Crippen molar-refractivity contribution in [3.8, 4) is 5.75 Å². The summed E-state index contributed by atoms with van der Waals surface area (Å²) in [7, 11) is 0. The van der Waals surface area contributed by atoms with Crippen LogP contribution in [0.3, 0.4) is 0 Å². The van der Waals surface area contributed by atoms with E-state index in [4.69, 9.17) is 14.3 Å². The molecule has 0 aliphatic rings. The number of nitrogens with one attached hydrogen (secondary N) is 1. The number of ether oxygens (including phenoxy) is 1. The third-order valence-electron chi connectivity index (χ3n) is 3.95. The molecule has 3 rings (SSSR count). The first-order chi connectivity index (χ1) is 12.2. The van der Waals surface area contributed by atoms with E-state index < -0.39 is 0 Å². The molecule has 0 aliphatic carbocycles. The second-order valence-corrected chi connectivity index (χ2v) is 6.01. The van der Waals surface area contributed by atoms with Crippen molar-refractivity contribution >= 4 is 16.9 Å². The van der Waals surface area contributed by atoms with Crippen LogP contribution in [-0.4, -0.2) is 24.2 Å². The van der Waals surface area contributed by atoms with Crippen molar-refractivity contribution in [2.45, 2.75) is 13.5 Å². The van der Waals surface area contributed by atoms with Crippen LogP contribution < -0.4 is 10.1 Å². The number of hydrogen-bond donors (Lipinski definition) is 2. The fourth-order valence-corrected chi connectivity index (χ4v) is 2.51. The van der Waals surface area contributed by atoms with Gasteiger partial charge in [-0.3, -0.25) is 4.79 Å². The van der Waals surface area contributed by atoms with Crippen molar-refractivity contribution in [2.24, 2.45) is 5.92 Å². The summed E-state index contributed by atoms with van der Waals surface area (Å²) < 4.78 is 11.6. The van der Waals surface area contributed by atoms with Gasteiger partial charge in [-0.25, -0.2) is 0 Å². The maximum atomic E-state index is 12.5. The van der Waals surface area contributed by atoms with Gasteiger partial charge in [-0.2, -0.15) is 0 Å². The number of carbonyl (C=O) groups excluding carboxylic acids is 1. The maximum absolute atomic E-state index is 12.5. The Bertz CT molecular complexity index is 841. The molecule has 130 valence electrons. The van der Waals surface area contributed by atoms with Crippen LogP contribution in [-0.2, 0) is 6.61 Å². The van der Waals surface area contributed by atoms with Crippen LogP contribution >= 0.6 is 0 Å². The molecular weight excluding hydrogens is 318 g/mol. The molecule has 2 N–H and O–H groups in total. The standard InChI is InChI=1S/C20H21NO4/c1-14(12-22)11-21-20(23)19-17(13-24-15-7-3-2-4-8-15)16-9-5-6-10-18(16)25-19/h2-10,14,22H,11-13H2,1H3,(H,21,23). The summed E-state index contributed by atoms with van der Waals surface area (Å²) in [6.07, 6.45) is 0. The Balaban J connectivity index is 1.85. The highest BCUT2D eigenvalue weighted by Gasteiger charge is 2.21. The van der Waals surface area contributed by atoms with Crippen molar-refractivity contribution in [1.82, 2.24) is 5.32 Å². The number of rotatable bonds is 7. The molecule has 1 amide bonds. The minimum absolute atomic E-state index is 0.0163. The van der Waals surface area contributed by atoms with Crippen molar-refractivity contribution in [2.75, 3.05) is 13.2 Å². The molecule has 0 saturated carbocycles. The van der Waals surface area contributed by atoms with Gasteiger partial charge in [-0.15, -0.1) is 0 Å². The average Bonchev–Trinajstić information content (AvgIpc) is 3.03. The topological polar surface area (TPSA) is 71.7 Å². The van der Waals surface area contributed by atoms with Crippen LogP contribution in [0.4, 0.5) is 0 Å². The van der Waals surface area contributed by atoms with E-state index in [1.165, 1.54) is 0 Å². The first kappa shape index (κ1) is 17.0. The molecule has 0 aliphatic heterocycles. The van der Waals surface area contributed by atoms with E-state index in [9.17, 15) is 4.79 Å². The number of aliphatic hydroxyl groups is 1. The highest BCUT2D eigenvalue weighted by Crippen LogP contribution is 2.27. The van der Waals surface area contributed by atoms with Crippen molar-refractivity contribution in [3.05, 3.63) is 65.9 Å². The van der Waals surface area contributed by atoms with Gasteiger partial charge < -0.3 is 19.6 Å². The van der Waals surface area contributed by atoms with Gasteiger partial charge >= 0.3 is 0 Å².